The first-order valence-corrected chi connectivity index (χ1v) is 11.2. The number of nitrogens with zero attached hydrogens (tertiary/aromatic N) is 2. The molecule has 2 aromatic carbocycles. The standard InChI is InChI=1S/C26H26ClFN2O5/c1-15(31)19-11-8-17(27)13-20(19)21-14-23(32)30(29-24(21)34-5)22(25(33)35-26(2,3)4)12-16-6-9-18(28)10-7-16/h6-11,13-14,22H,12H2,1-5H3. The number of aromatic nitrogens is 2. The topological polar surface area (TPSA) is 87.5 Å². The summed E-state index contributed by atoms with van der Waals surface area (Å²) in [5, 5.41) is 4.68. The van der Waals surface area contributed by atoms with E-state index in [9.17, 15) is 18.8 Å². The SMILES string of the molecule is COc1nn(C(Cc2ccc(F)cc2)C(=O)OC(C)(C)C)c(=O)cc1-c1cc(Cl)ccc1C(C)=O. The monoisotopic (exact) mass is 500 g/mol. The Kier molecular flexibility index (Phi) is 7.75. The van der Waals surface area contributed by atoms with E-state index in [-0.39, 0.29) is 23.6 Å². The van der Waals surface area contributed by atoms with Crippen LogP contribution in [0, 0.1) is 5.82 Å². The Labute approximate surface area is 207 Å². The van der Waals surface area contributed by atoms with Crippen molar-refractivity contribution < 1.29 is 23.5 Å². The summed E-state index contributed by atoms with van der Waals surface area (Å²) >= 11 is 6.15. The second-order valence-corrected chi connectivity index (χ2v) is 9.41. The van der Waals surface area contributed by atoms with Gasteiger partial charge < -0.3 is 9.47 Å². The number of carbonyl (C=O) groups excluding carboxylic acids is 2. The molecule has 0 spiro atoms. The van der Waals surface area contributed by atoms with E-state index in [0.717, 1.165) is 4.68 Å². The molecule has 0 radical (unpaired) electrons. The van der Waals surface area contributed by atoms with Crippen molar-refractivity contribution in [3.05, 3.63) is 80.9 Å². The number of benzene rings is 2. The third kappa shape index (κ3) is 6.33. The summed E-state index contributed by atoms with van der Waals surface area (Å²) in [4.78, 5) is 38.6. The van der Waals surface area contributed by atoms with Gasteiger partial charge in [0.15, 0.2) is 11.8 Å². The van der Waals surface area contributed by atoms with Crippen molar-refractivity contribution >= 4 is 23.4 Å². The minimum absolute atomic E-state index is 0.0158. The largest absolute Gasteiger partial charge is 0.480 e. The summed E-state index contributed by atoms with van der Waals surface area (Å²) in [6, 6.07) is 10.3. The van der Waals surface area contributed by atoms with Crippen molar-refractivity contribution in [3.8, 4) is 17.0 Å². The number of hydrogen-bond acceptors (Lipinski definition) is 6. The van der Waals surface area contributed by atoms with E-state index >= 15 is 0 Å². The summed E-state index contributed by atoms with van der Waals surface area (Å²) in [5.41, 5.74) is 0.142. The zero-order chi connectivity index (χ0) is 25.9. The molecule has 1 unspecified atom stereocenters. The average Bonchev–Trinajstić information content (AvgIpc) is 2.77. The molecule has 9 heteroatoms. The van der Waals surface area contributed by atoms with Crippen molar-refractivity contribution in [3.63, 3.8) is 0 Å². The van der Waals surface area contributed by atoms with Crippen molar-refractivity contribution in [2.45, 2.75) is 45.8 Å². The highest BCUT2D eigenvalue weighted by Crippen LogP contribution is 2.33. The molecule has 1 aromatic heterocycles. The van der Waals surface area contributed by atoms with Crippen LogP contribution in [-0.2, 0) is 16.0 Å². The van der Waals surface area contributed by atoms with Gasteiger partial charge >= 0.3 is 5.97 Å². The van der Waals surface area contributed by atoms with Crippen LogP contribution >= 0.6 is 11.6 Å². The molecular weight excluding hydrogens is 475 g/mol. The maximum atomic E-state index is 13.4. The van der Waals surface area contributed by atoms with Gasteiger partial charge in [0, 0.05) is 23.1 Å². The molecule has 0 fully saturated rings. The lowest BCUT2D eigenvalue weighted by Crippen LogP contribution is -2.37. The molecule has 0 amide bonds. The Bertz CT molecular complexity index is 1310. The Morgan fingerprint density at radius 2 is 1.74 bits per heavy atom. The van der Waals surface area contributed by atoms with E-state index in [0.29, 0.717) is 21.7 Å². The molecule has 0 aliphatic heterocycles. The molecule has 184 valence electrons. The summed E-state index contributed by atoms with van der Waals surface area (Å²) in [7, 11) is 1.36. The van der Waals surface area contributed by atoms with Crippen molar-refractivity contribution in [1.82, 2.24) is 9.78 Å². The molecule has 0 bridgehead atoms. The molecule has 7 nitrogen and oxygen atoms in total. The van der Waals surface area contributed by atoms with E-state index in [4.69, 9.17) is 21.1 Å². The number of carbonyl (C=O) groups is 2. The van der Waals surface area contributed by atoms with E-state index in [1.54, 1.807) is 39.0 Å². The molecule has 0 saturated heterocycles. The quantitative estimate of drug-likeness (QED) is 0.333. The Balaban J connectivity index is 2.17. The van der Waals surface area contributed by atoms with Gasteiger partial charge in [-0.1, -0.05) is 23.7 Å². The number of ether oxygens (including phenoxy) is 2. The van der Waals surface area contributed by atoms with Crippen LogP contribution < -0.4 is 10.3 Å². The van der Waals surface area contributed by atoms with Crippen LogP contribution in [0.4, 0.5) is 4.39 Å². The van der Waals surface area contributed by atoms with Gasteiger partial charge in [0.05, 0.1) is 12.7 Å². The lowest BCUT2D eigenvalue weighted by atomic mass is 9.98. The number of Topliss-reactive ketones (excluding diaryl/α,β-unsaturated/α-hetero) is 1. The lowest BCUT2D eigenvalue weighted by molar-refractivity contribution is -0.159. The predicted molar refractivity (Wildman–Crippen MR) is 130 cm³/mol. The molecule has 1 heterocycles. The van der Waals surface area contributed by atoms with Crippen LogP contribution in [0.3, 0.4) is 0 Å². The van der Waals surface area contributed by atoms with Crippen LogP contribution in [0.15, 0.2) is 53.3 Å². The van der Waals surface area contributed by atoms with Gasteiger partial charge in [0.25, 0.3) is 5.56 Å². The molecule has 0 saturated carbocycles. The zero-order valence-corrected chi connectivity index (χ0v) is 20.9. The minimum atomic E-state index is -1.15. The molecule has 1 atom stereocenters. The molecule has 0 N–H and O–H groups in total. The fourth-order valence-corrected chi connectivity index (χ4v) is 3.72. The smallest absolute Gasteiger partial charge is 0.331 e. The first-order chi connectivity index (χ1) is 16.4. The average molecular weight is 501 g/mol. The van der Waals surface area contributed by atoms with Gasteiger partial charge in [-0.15, -0.1) is 5.10 Å². The number of halogens is 2. The van der Waals surface area contributed by atoms with Gasteiger partial charge in [0.1, 0.15) is 11.4 Å². The van der Waals surface area contributed by atoms with Crippen LogP contribution in [0.25, 0.3) is 11.1 Å². The number of rotatable bonds is 7. The van der Waals surface area contributed by atoms with Crippen LogP contribution in [-0.4, -0.2) is 34.2 Å². The van der Waals surface area contributed by atoms with Crippen LogP contribution in [0.1, 0.15) is 49.7 Å². The van der Waals surface area contributed by atoms with Crippen LogP contribution in [0.5, 0.6) is 5.88 Å². The first kappa shape index (κ1) is 26.1. The van der Waals surface area contributed by atoms with Crippen LogP contribution in [0.2, 0.25) is 5.02 Å². The van der Waals surface area contributed by atoms with E-state index in [1.807, 2.05) is 0 Å². The summed E-state index contributed by atoms with van der Waals surface area (Å²) in [6.07, 6.45) is 0.0282. The van der Waals surface area contributed by atoms with E-state index in [1.165, 1.54) is 44.4 Å². The highest BCUT2D eigenvalue weighted by atomic mass is 35.5. The highest BCUT2D eigenvalue weighted by Gasteiger charge is 2.30. The normalized spacial score (nSPS) is 12.2. The molecule has 35 heavy (non-hydrogen) atoms. The minimum Gasteiger partial charge on any atom is -0.480 e. The fraction of sp³-hybridized carbons (Fsp3) is 0.308. The zero-order valence-electron chi connectivity index (χ0n) is 20.1. The van der Waals surface area contributed by atoms with Crippen molar-refractivity contribution in [2.24, 2.45) is 0 Å². The Hall–Kier alpha value is -3.52. The summed E-state index contributed by atoms with van der Waals surface area (Å²) in [5.74, 6) is -1.32. The fourth-order valence-electron chi connectivity index (χ4n) is 3.55. The molecule has 0 aliphatic rings. The molecule has 3 rings (SSSR count). The van der Waals surface area contributed by atoms with Gasteiger partial charge in [-0.2, -0.15) is 0 Å². The van der Waals surface area contributed by atoms with Gasteiger partial charge in [0.2, 0.25) is 5.88 Å². The number of methoxy groups -OCH3 is 1. The molecule has 3 aromatic rings. The van der Waals surface area contributed by atoms with Gasteiger partial charge in [-0.05, 0) is 69.2 Å². The number of hydrogen-bond donors (Lipinski definition) is 0. The summed E-state index contributed by atoms with van der Waals surface area (Å²) < 4.78 is 25.4. The third-order valence-corrected chi connectivity index (χ3v) is 5.32. The van der Waals surface area contributed by atoms with Crippen molar-refractivity contribution in [2.75, 3.05) is 7.11 Å². The lowest BCUT2D eigenvalue weighted by Gasteiger charge is -2.25. The van der Waals surface area contributed by atoms with Gasteiger partial charge in [-0.3, -0.25) is 9.59 Å². The molecule has 0 aliphatic carbocycles. The van der Waals surface area contributed by atoms with Crippen molar-refractivity contribution in [1.29, 1.82) is 0 Å². The highest BCUT2D eigenvalue weighted by molar-refractivity contribution is 6.31. The number of ketones is 1. The predicted octanol–water partition coefficient (Wildman–Crippen LogP) is 5.04. The van der Waals surface area contributed by atoms with Gasteiger partial charge in [-0.25, -0.2) is 13.9 Å². The molecular formula is C26H26ClFN2O5. The first-order valence-electron chi connectivity index (χ1n) is 10.9. The second-order valence-electron chi connectivity index (χ2n) is 8.98. The van der Waals surface area contributed by atoms with E-state index < -0.39 is 29.0 Å². The van der Waals surface area contributed by atoms with E-state index in [2.05, 4.69) is 5.10 Å². The Morgan fingerprint density at radius 1 is 1.09 bits per heavy atom. The Morgan fingerprint density at radius 3 is 2.31 bits per heavy atom. The second kappa shape index (κ2) is 10.4. The third-order valence-electron chi connectivity index (χ3n) is 5.08. The maximum Gasteiger partial charge on any atom is 0.331 e. The number of esters is 1. The summed E-state index contributed by atoms with van der Waals surface area (Å²) in [6.45, 7) is 6.53. The maximum absolute atomic E-state index is 13.4.